The Morgan fingerprint density at radius 3 is 2.29 bits per heavy atom. The van der Waals surface area contributed by atoms with E-state index in [2.05, 4.69) is 15.6 Å². The van der Waals surface area contributed by atoms with Crippen molar-refractivity contribution in [1.82, 2.24) is 10.3 Å². The first-order valence-electron chi connectivity index (χ1n) is 8.00. The molecule has 0 aliphatic carbocycles. The Kier molecular flexibility index (Phi) is 5.68. The van der Waals surface area contributed by atoms with Gasteiger partial charge in [0.05, 0.1) is 0 Å². The van der Waals surface area contributed by atoms with E-state index in [1.54, 1.807) is 18.2 Å². The van der Waals surface area contributed by atoms with Gasteiger partial charge < -0.3 is 10.6 Å². The highest BCUT2D eigenvalue weighted by Gasteiger charge is 2.13. The third kappa shape index (κ3) is 4.65. The van der Waals surface area contributed by atoms with Crippen LogP contribution in [0.5, 0.6) is 0 Å². The van der Waals surface area contributed by atoms with Crippen LogP contribution in [0.1, 0.15) is 46.0 Å². The number of aromatic nitrogens is 1. The van der Waals surface area contributed by atoms with Crippen LogP contribution in [0.3, 0.4) is 0 Å². The fourth-order valence-corrected chi connectivity index (χ4v) is 2.09. The molecule has 1 heterocycles. The third-order valence-electron chi connectivity index (χ3n) is 3.65. The second kappa shape index (κ2) is 7.73. The van der Waals surface area contributed by atoms with Crippen LogP contribution in [0.15, 0.2) is 36.4 Å². The highest BCUT2D eigenvalue weighted by atomic mass is 16.2. The number of nitrogens with zero attached hydrogens (tertiary/aromatic N) is 1. The first-order valence-corrected chi connectivity index (χ1v) is 8.00. The van der Waals surface area contributed by atoms with E-state index < -0.39 is 0 Å². The second-order valence-electron chi connectivity index (χ2n) is 6.27. The van der Waals surface area contributed by atoms with Crippen LogP contribution in [-0.4, -0.2) is 23.3 Å². The topological polar surface area (TPSA) is 71.1 Å². The van der Waals surface area contributed by atoms with Crippen LogP contribution in [0.25, 0.3) is 0 Å². The minimum Gasteiger partial charge on any atom is -0.350 e. The van der Waals surface area contributed by atoms with Crippen molar-refractivity contribution in [2.24, 2.45) is 5.92 Å². The van der Waals surface area contributed by atoms with Gasteiger partial charge >= 0.3 is 0 Å². The molecule has 1 aromatic heterocycles. The van der Waals surface area contributed by atoms with Gasteiger partial charge in [-0.3, -0.25) is 9.59 Å². The summed E-state index contributed by atoms with van der Waals surface area (Å²) in [4.78, 5) is 28.6. The quantitative estimate of drug-likeness (QED) is 0.885. The van der Waals surface area contributed by atoms with E-state index in [9.17, 15) is 9.59 Å². The highest BCUT2D eigenvalue weighted by Crippen LogP contribution is 2.15. The average molecular weight is 325 g/mol. The number of hydrogen-bond donors (Lipinski definition) is 2. The van der Waals surface area contributed by atoms with Crippen molar-refractivity contribution in [1.29, 1.82) is 0 Å². The van der Waals surface area contributed by atoms with E-state index in [0.29, 0.717) is 18.2 Å². The number of carbonyl (C=O) groups excluding carboxylic acids is 2. The monoisotopic (exact) mass is 325 g/mol. The van der Waals surface area contributed by atoms with E-state index in [-0.39, 0.29) is 23.2 Å². The summed E-state index contributed by atoms with van der Waals surface area (Å²) in [5.41, 5.74) is 3.42. The molecule has 2 amide bonds. The number of carbonyl (C=O) groups is 2. The van der Waals surface area contributed by atoms with Crippen LogP contribution in [0, 0.1) is 19.8 Å². The van der Waals surface area contributed by atoms with Crippen LogP contribution in [0.2, 0.25) is 0 Å². The molecule has 0 radical (unpaired) electrons. The number of rotatable bonds is 5. The number of aryl methyl sites for hydroxylation is 2. The van der Waals surface area contributed by atoms with Gasteiger partial charge in [-0.1, -0.05) is 26.0 Å². The van der Waals surface area contributed by atoms with Gasteiger partial charge in [-0.2, -0.15) is 0 Å². The van der Waals surface area contributed by atoms with Crippen molar-refractivity contribution in [2.45, 2.75) is 27.7 Å². The maximum Gasteiger partial charge on any atom is 0.274 e. The second-order valence-corrected chi connectivity index (χ2v) is 6.27. The van der Waals surface area contributed by atoms with E-state index in [1.807, 2.05) is 45.9 Å². The molecule has 0 bridgehead atoms. The van der Waals surface area contributed by atoms with Gasteiger partial charge in [-0.15, -0.1) is 0 Å². The summed E-state index contributed by atoms with van der Waals surface area (Å²) in [5.74, 6) is -0.258. The summed E-state index contributed by atoms with van der Waals surface area (Å²) in [6, 6.07) is 10.6. The normalized spacial score (nSPS) is 10.5. The first-order chi connectivity index (χ1) is 11.4. The van der Waals surface area contributed by atoms with Crippen molar-refractivity contribution in [3.8, 4) is 0 Å². The van der Waals surface area contributed by atoms with Gasteiger partial charge in [0.25, 0.3) is 11.8 Å². The van der Waals surface area contributed by atoms with Crippen molar-refractivity contribution in [3.05, 3.63) is 58.9 Å². The van der Waals surface area contributed by atoms with Crippen LogP contribution >= 0.6 is 0 Å². The van der Waals surface area contributed by atoms with Crippen LogP contribution in [-0.2, 0) is 0 Å². The molecule has 24 heavy (non-hydrogen) atoms. The number of nitrogens with one attached hydrogen (secondary N) is 2. The molecule has 0 atom stereocenters. The summed E-state index contributed by atoms with van der Waals surface area (Å²) < 4.78 is 0. The molecule has 2 N–H and O–H groups in total. The third-order valence-corrected chi connectivity index (χ3v) is 3.65. The largest absolute Gasteiger partial charge is 0.350 e. The lowest BCUT2D eigenvalue weighted by atomic mass is 10.1. The SMILES string of the molecule is Cc1ccc(NC(=O)c2cccc(C(=O)NCC(C)C)n2)cc1C. The molecule has 0 saturated heterocycles. The molecule has 1 aromatic carbocycles. The Morgan fingerprint density at radius 1 is 1.00 bits per heavy atom. The van der Waals surface area contributed by atoms with E-state index in [0.717, 1.165) is 11.1 Å². The molecule has 2 aromatic rings. The highest BCUT2D eigenvalue weighted by molar-refractivity contribution is 6.03. The zero-order valence-corrected chi connectivity index (χ0v) is 14.5. The molecule has 5 nitrogen and oxygen atoms in total. The molecular weight excluding hydrogens is 302 g/mol. The molecule has 0 fully saturated rings. The fourth-order valence-electron chi connectivity index (χ4n) is 2.09. The summed E-state index contributed by atoms with van der Waals surface area (Å²) in [7, 11) is 0. The van der Waals surface area contributed by atoms with Crippen molar-refractivity contribution < 1.29 is 9.59 Å². The molecule has 0 unspecified atom stereocenters. The van der Waals surface area contributed by atoms with Crippen molar-refractivity contribution in [3.63, 3.8) is 0 Å². The molecule has 0 saturated carbocycles. The number of benzene rings is 1. The Hall–Kier alpha value is -2.69. The average Bonchev–Trinajstić information content (AvgIpc) is 2.56. The van der Waals surface area contributed by atoms with Gasteiger partial charge in [0.2, 0.25) is 0 Å². The van der Waals surface area contributed by atoms with E-state index >= 15 is 0 Å². The summed E-state index contributed by atoms with van der Waals surface area (Å²) in [6.45, 7) is 8.60. The van der Waals surface area contributed by atoms with E-state index in [1.165, 1.54) is 0 Å². The Morgan fingerprint density at radius 2 is 1.67 bits per heavy atom. The van der Waals surface area contributed by atoms with Gasteiger partial charge in [-0.05, 0) is 55.2 Å². The fraction of sp³-hybridized carbons (Fsp3) is 0.316. The maximum atomic E-state index is 12.3. The predicted molar refractivity (Wildman–Crippen MR) is 95.3 cm³/mol. The van der Waals surface area contributed by atoms with Gasteiger partial charge in [-0.25, -0.2) is 4.98 Å². The van der Waals surface area contributed by atoms with Gasteiger partial charge in [0, 0.05) is 12.2 Å². The van der Waals surface area contributed by atoms with E-state index in [4.69, 9.17) is 0 Å². The lowest BCUT2D eigenvalue weighted by Gasteiger charge is -2.09. The lowest BCUT2D eigenvalue weighted by molar-refractivity contribution is 0.0944. The minimum atomic E-state index is -0.336. The standard InChI is InChI=1S/C19H23N3O2/c1-12(2)11-20-18(23)16-6-5-7-17(22-16)19(24)21-15-9-8-13(3)14(4)10-15/h5-10,12H,11H2,1-4H3,(H,20,23)(H,21,24). The van der Waals surface area contributed by atoms with Gasteiger partial charge in [0.15, 0.2) is 0 Å². The molecule has 0 aliphatic rings. The smallest absolute Gasteiger partial charge is 0.274 e. The Labute approximate surface area is 142 Å². The summed E-state index contributed by atoms with van der Waals surface area (Å²) >= 11 is 0. The number of amides is 2. The number of hydrogen-bond acceptors (Lipinski definition) is 3. The number of anilines is 1. The zero-order chi connectivity index (χ0) is 17.7. The molecule has 0 spiro atoms. The zero-order valence-electron chi connectivity index (χ0n) is 14.5. The molecule has 126 valence electrons. The first kappa shape index (κ1) is 17.7. The minimum absolute atomic E-state index is 0.213. The molecule has 2 rings (SSSR count). The molecule has 5 heteroatoms. The molecule has 0 aliphatic heterocycles. The number of pyridine rings is 1. The lowest BCUT2D eigenvalue weighted by Crippen LogP contribution is -2.28. The van der Waals surface area contributed by atoms with Crippen molar-refractivity contribution in [2.75, 3.05) is 11.9 Å². The summed E-state index contributed by atoms with van der Waals surface area (Å²) in [6.07, 6.45) is 0. The van der Waals surface area contributed by atoms with Gasteiger partial charge in [0.1, 0.15) is 11.4 Å². The van der Waals surface area contributed by atoms with Crippen LogP contribution < -0.4 is 10.6 Å². The Balaban J connectivity index is 2.11. The van der Waals surface area contributed by atoms with Crippen molar-refractivity contribution >= 4 is 17.5 Å². The predicted octanol–water partition coefficient (Wildman–Crippen LogP) is 3.34. The maximum absolute atomic E-state index is 12.3. The molecular formula is C19H23N3O2. The van der Waals surface area contributed by atoms with Crippen LogP contribution in [0.4, 0.5) is 5.69 Å². The summed E-state index contributed by atoms with van der Waals surface area (Å²) in [5, 5.41) is 5.60. The Bertz CT molecular complexity index is 754.